The number of halogens is 1. The van der Waals surface area contributed by atoms with Crippen LogP contribution in [0.3, 0.4) is 0 Å². The van der Waals surface area contributed by atoms with E-state index < -0.39 is 42.0 Å². The van der Waals surface area contributed by atoms with Crippen LogP contribution in [0.25, 0.3) is 0 Å². The maximum atomic E-state index is 13.3. The summed E-state index contributed by atoms with van der Waals surface area (Å²) in [5, 5.41) is 29.0. The van der Waals surface area contributed by atoms with Gasteiger partial charge in [0, 0.05) is 0 Å². The van der Waals surface area contributed by atoms with Gasteiger partial charge in [0.15, 0.2) is 16.6 Å². The van der Waals surface area contributed by atoms with E-state index in [1.807, 2.05) is 4.98 Å². The quantitative estimate of drug-likeness (QED) is 0.398. The van der Waals surface area contributed by atoms with Crippen molar-refractivity contribution in [1.82, 2.24) is 9.55 Å². The molecule has 0 bridgehead atoms. The number of H-pyrrole nitrogens is 1. The summed E-state index contributed by atoms with van der Waals surface area (Å²) in [4.78, 5) is 13.1. The first kappa shape index (κ1) is 14.8. The first-order chi connectivity index (χ1) is 9.36. The molecule has 0 aliphatic carbocycles. The monoisotopic (exact) mass is 302 g/mol. The molecule has 1 aromatic rings. The summed E-state index contributed by atoms with van der Waals surface area (Å²) in [6, 6.07) is 0. The van der Waals surface area contributed by atoms with Gasteiger partial charge in [-0.1, -0.05) is 5.92 Å². The number of nitrogens with zero attached hydrogens (tertiary/aromatic N) is 1. The Bertz CT molecular complexity index is 681. The van der Waals surface area contributed by atoms with E-state index in [-0.39, 0.29) is 4.77 Å². The number of aromatic nitrogens is 2. The zero-order chi connectivity index (χ0) is 15.1. The number of aromatic amines is 1. The van der Waals surface area contributed by atoms with E-state index in [1.54, 1.807) is 0 Å². The zero-order valence-electron chi connectivity index (χ0n) is 9.99. The number of ether oxygens (including phenoxy) is 1. The molecule has 2 rings (SSSR count). The van der Waals surface area contributed by atoms with E-state index >= 15 is 0 Å². The molecule has 1 saturated heterocycles. The number of aliphatic hydroxyl groups excluding tert-OH is 3. The number of rotatable bonds is 2. The van der Waals surface area contributed by atoms with E-state index in [2.05, 4.69) is 5.92 Å². The van der Waals surface area contributed by atoms with Crippen LogP contribution in [0.5, 0.6) is 0 Å². The van der Waals surface area contributed by atoms with Gasteiger partial charge in [-0.25, -0.2) is 0 Å². The SMILES string of the molecule is C#C[C@]1(CO)O[C@@H](n2cc(F)c(=O)[nH]c2=S)[C@@H](O)[C@H]1O. The van der Waals surface area contributed by atoms with Crippen LogP contribution >= 0.6 is 12.2 Å². The van der Waals surface area contributed by atoms with Gasteiger partial charge in [-0.15, -0.1) is 6.42 Å². The van der Waals surface area contributed by atoms with Crippen LogP contribution in [0.2, 0.25) is 0 Å². The van der Waals surface area contributed by atoms with Crippen molar-refractivity contribution in [2.75, 3.05) is 6.61 Å². The average Bonchev–Trinajstić information content (AvgIpc) is 2.68. The second-order valence-electron chi connectivity index (χ2n) is 4.28. The summed E-state index contributed by atoms with van der Waals surface area (Å²) in [6.45, 7) is -0.753. The smallest absolute Gasteiger partial charge is 0.287 e. The Hall–Kier alpha value is -1.57. The Morgan fingerprint density at radius 3 is 2.80 bits per heavy atom. The van der Waals surface area contributed by atoms with Gasteiger partial charge in [0.2, 0.25) is 5.82 Å². The molecule has 0 saturated carbocycles. The Labute approximate surface area is 117 Å². The highest BCUT2D eigenvalue weighted by molar-refractivity contribution is 7.71. The number of hydrogen-bond acceptors (Lipinski definition) is 6. The van der Waals surface area contributed by atoms with Gasteiger partial charge in [0.25, 0.3) is 5.56 Å². The van der Waals surface area contributed by atoms with Gasteiger partial charge < -0.3 is 20.1 Å². The third-order valence-corrected chi connectivity index (χ3v) is 3.42. The maximum Gasteiger partial charge on any atom is 0.287 e. The van der Waals surface area contributed by atoms with Crippen molar-refractivity contribution in [2.45, 2.75) is 24.0 Å². The van der Waals surface area contributed by atoms with Crippen LogP contribution in [0.4, 0.5) is 4.39 Å². The number of hydrogen-bond donors (Lipinski definition) is 4. The summed E-state index contributed by atoms with van der Waals surface area (Å²) >= 11 is 4.83. The van der Waals surface area contributed by atoms with Crippen LogP contribution in [0.15, 0.2) is 11.0 Å². The second-order valence-corrected chi connectivity index (χ2v) is 4.67. The van der Waals surface area contributed by atoms with E-state index in [1.165, 1.54) is 0 Å². The van der Waals surface area contributed by atoms with Crippen LogP contribution in [0.1, 0.15) is 6.23 Å². The molecule has 108 valence electrons. The predicted octanol–water partition coefficient (Wildman–Crippen LogP) is -1.34. The van der Waals surface area contributed by atoms with Crippen molar-refractivity contribution in [3.63, 3.8) is 0 Å². The van der Waals surface area contributed by atoms with Gasteiger partial charge in [0.05, 0.1) is 12.8 Å². The van der Waals surface area contributed by atoms with Crippen molar-refractivity contribution in [3.05, 3.63) is 27.1 Å². The summed E-state index contributed by atoms with van der Waals surface area (Å²) in [5.74, 6) is 0.910. The Morgan fingerprint density at radius 1 is 1.65 bits per heavy atom. The molecule has 0 amide bonds. The van der Waals surface area contributed by atoms with Crippen LogP contribution < -0.4 is 5.56 Å². The van der Waals surface area contributed by atoms with Crippen molar-refractivity contribution in [1.29, 1.82) is 0 Å². The third-order valence-electron chi connectivity index (χ3n) is 3.10. The zero-order valence-corrected chi connectivity index (χ0v) is 10.8. The number of nitrogens with one attached hydrogen (secondary N) is 1. The van der Waals surface area contributed by atoms with Crippen molar-refractivity contribution in [3.8, 4) is 12.3 Å². The van der Waals surface area contributed by atoms with Gasteiger partial charge in [0.1, 0.15) is 12.2 Å². The minimum Gasteiger partial charge on any atom is -0.392 e. The summed E-state index contributed by atoms with van der Waals surface area (Å²) < 4.78 is 19.2. The summed E-state index contributed by atoms with van der Waals surface area (Å²) in [5.41, 5.74) is -2.85. The van der Waals surface area contributed by atoms with Gasteiger partial charge in [-0.2, -0.15) is 4.39 Å². The lowest BCUT2D eigenvalue weighted by Crippen LogP contribution is -2.44. The normalized spacial score (nSPS) is 33.0. The molecular weight excluding hydrogens is 291 g/mol. The minimum atomic E-state index is -1.83. The lowest BCUT2D eigenvalue weighted by molar-refractivity contribution is -0.0933. The summed E-state index contributed by atoms with van der Waals surface area (Å²) in [6.07, 6.45) is 1.42. The molecule has 2 heterocycles. The fraction of sp³-hybridized carbons (Fsp3) is 0.455. The Morgan fingerprint density at radius 2 is 2.30 bits per heavy atom. The molecule has 0 radical (unpaired) electrons. The van der Waals surface area contributed by atoms with Gasteiger partial charge >= 0.3 is 0 Å². The van der Waals surface area contributed by atoms with Crippen molar-refractivity contribution >= 4 is 12.2 Å². The molecule has 1 aliphatic heterocycles. The maximum absolute atomic E-state index is 13.3. The molecule has 1 aliphatic rings. The fourth-order valence-electron chi connectivity index (χ4n) is 1.95. The molecule has 4 N–H and O–H groups in total. The highest BCUT2D eigenvalue weighted by Crippen LogP contribution is 2.36. The number of terminal acetylenes is 1. The molecule has 0 spiro atoms. The van der Waals surface area contributed by atoms with E-state index in [0.717, 1.165) is 10.8 Å². The predicted molar refractivity (Wildman–Crippen MR) is 66.6 cm³/mol. The molecule has 0 aromatic carbocycles. The molecule has 1 aromatic heterocycles. The van der Waals surface area contributed by atoms with E-state index in [9.17, 15) is 24.5 Å². The molecule has 9 heteroatoms. The van der Waals surface area contributed by atoms with Gasteiger partial charge in [-0.3, -0.25) is 14.3 Å². The van der Waals surface area contributed by atoms with Gasteiger partial charge in [-0.05, 0) is 12.2 Å². The van der Waals surface area contributed by atoms with Crippen LogP contribution in [-0.4, -0.2) is 49.3 Å². The highest BCUT2D eigenvalue weighted by atomic mass is 32.1. The van der Waals surface area contributed by atoms with Crippen molar-refractivity contribution < 1.29 is 24.4 Å². The highest BCUT2D eigenvalue weighted by Gasteiger charge is 2.54. The number of aliphatic hydroxyl groups is 3. The summed E-state index contributed by atoms with van der Waals surface area (Å²) in [7, 11) is 0. The first-order valence-corrected chi connectivity index (χ1v) is 5.90. The van der Waals surface area contributed by atoms with Crippen molar-refractivity contribution in [2.24, 2.45) is 0 Å². The van der Waals surface area contributed by atoms with E-state index in [0.29, 0.717) is 0 Å². The first-order valence-electron chi connectivity index (χ1n) is 5.50. The molecule has 7 nitrogen and oxygen atoms in total. The standard InChI is InChI=1S/C11H11FN2O5S/c1-2-11(4-15)7(17)6(16)9(19-11)14-3-5(12)8(18)13-10(14)20/h1,3,6-7,9,15-17H,4H2,(H,13,18,20)/t6-,7+,9+,11+/m0/s1. The van der Waals surface area contributed by atoms with Crippen LogP contribution in [-0.2, 0) is 4.74 Å². The Balaban J connectivity index is 2.51. The lowest BCUT2D eigenvalue weighted by atomic mass is 9.97. The second kappa shape index (κ2) is 5.08. The molecule has 1 fully saturated rings. The molecule has 20 heavy (non-hydrogen) atoms. The average molecular weight is 302 g/mol. The lowest BCUT2D eigenvalue weighted by Gasteiger charge is -2.23. The fourth-order valence-corrected chi connectivity index (χ4v) is 2.20. The molecule has 0 unspecified atom stereocenters. The Kier molecular flexibility index (Phi) is 3.77. The molecule has 4 atom stereocenters. The van der Waals surface area contributed by atoms with E-state index in [4.69, 9.17) is 23.4 Å². The topological polar surface area (TPSA) is 108 Å². The molecular formula is C11H11FN2O5S. The minimum absolute atomic E-state index is 0.224. The largest absolute Gasteiger partial charge is 0.392 e. The van der Waals surface area contributed by atoms with Crippen LogP contribution in [0, 0.1) is 22.9 Å². The third kappa shape index (κ3) is 2.07.